The number of benzene rings is 2. The van der Waals surface area contributed by atoms with Gasteiger partial charge in [-0.05, 0) is 11.1 Å². The second-order valence-corrected chi connectivity index (χ2v) is 4.71. The second-order valence-electron chi connectivity index (χ2n) is 3.74. The molecule has 19 heavy (non-hydrogen) atoms. The topological polar surface area (TPSA) is 41.5 Å². The van der Waals surface area contributed by atoms with Crippen LogP contribution in [0.2, 0.25) is 0 Å². The quantitative estimate of drug-likeness (QED) is 0.769. The molecule has 0 bridgehead atoms. The van der Waals surface area contributed by atoms with Crippen LogP contribution in [-0.2, 0) is 22.3 Å². The molecular formula is C14H16ClO3P. The fourth-order valence-electron chi connectivity index (χ4n) is 1.44. The highest BCUT2D eigenvalue weighted by atomic mass is 35.5. The lowest BCUT2D eigenvalue weighted by atomic mass is 10.2. The molecule has 3 nitrogen and oxygen atoms in total. The number of hydrogen-bond donors (Lipinski definition) is 0. The van der Waals surface area contributed by atoms with E-state index >= 15 is 0 Å². The summed E-state index contributed by atoms with van der Waals surface area (Å²) in [4.78, 5) is 11.5. The first-order valence-corrected chi connectivity index (χ1v) is 6.75. The smallest absolute Gasteiger partial charge is 0.0903 e. The molecule has 0 amide bonds. The fourth-order valence-corrected chi connectivity index (χ4v) is 2.02. The van der Waals surface area contributed by atoms with Crippen molar-refractivity contribution in [1.29, 1.82) is 0 Å². The van der Waals surface area contributed by atoms with E-state index in [0.29, 0.717) is 13.2 Å². The van der Waals surface area contributed by atoms with Crippen molar-refractivity contribution in [3.8, 4) is 0 Å². The zero-order valence-electron chi connectivity index (χ0n) is 10.3. The minimum Gasteiger partial charge on any atom is -0.786 e. The summed E-state index contributed by atoms with van der Waals surface area (Å²) in [6, 6.07) is 19.2. The van der Waals surface area contributed by atoms with E-state index in [1.165, 1.54) is 0 Å². The fraction of sp³-hybridized carbons (Fsp3) is 0.143. The molecule has 2 aromatic carbocycles. The molecule has 0 spiro atoms. The molecule has 2 aromatic rings. The Labute approximate surface area is 120 Å². The zero-order valence-corrected chi connectivity index (χ0v) is 12.1. The van der Waals surface area contributed by atoms with Gasteiger partial charge in [-0.15, -0.1) is 0 Å². The molecule has 0 aliphatic carbocycles. The van der Waals surface area contributed by atoms with E-state index in [1.54, 1.807) is 0 Å². The van der Waals surface area contributed by atoms with Crippen LogP contribution < -0.4 is 4.89 Å². The van der Waals surface area contributed by atoms with Gasteiger partial charge in [-0.1, -0.05) is 60.7 Å². The Balaban J connectivity index is 0.00000180. The predicted molar refractivity (Wildman–Crippen MR) is 72.2 cm³/mol. The average Bonchev–Trinajstić information content (AvgIpc) is 2.45. The van der Waals surface area contributed by atoms with Gasteiger partial charge in [0, 0.05) is 0 Å². The summed E-state index contributed by atoms with van der Waals surface area (Å²) in [5.41, 5.74) is 1.95. The Morgan fingerprint density at radius 1 is 0.737 bits per heavy atom. The monoisotopic (exact) mass is 298 g/mol. The van der Waals surface area contributed by atoms with Crippen LogP contribution in [0.1, 0.15) is 11.1 Å². The van der Waals surface area contributed by atoms with Crippen LogP contribution >= 0.6 is 8.60 Å². The second kappa shape index (κ2) is 9.03. The van der Waals surface area contributed by atoms with Crippen LogP contribution in [0.25, 0.3) is 0 Å². The molecule has 102 valence electrons. The number of halogens is 1. The van der Waals surface area contributed by atoms with E-state index in [4.69, 9.17) is 9.05 Å². The summed E-state index contributed by atoms with van der Waals surface area (Å²) in [6.07, 6.45) is 0. The number of hydrogen-bond acceptors (Lipinski definition) is 3. The van der Waals surface area contributed by atoms with Crippen LogP contribution in [0.5, 0.6) is 0 Å². The predicted octanol–water partition coefficient (Wildman–Crippen LogP) is 2.47. The molecule has 0 aliphatic heterocycles. The maximum atomic E-state index is 11.5. The summed E-state index contributed by atoms with van der Waals surface area (Å²) < 4.78 is 10.3. The van der Waals surface area contributed by atoms with Gasteiger partial charge in [0.05, 0.1) is 34.2 Å². The molecule has 0 N–H and O–H groups in total. The first kappa shape index (κ1) is 16.1. The molecule has 0 aromatic heterocycles. The maximum absolute atomic E-state index is 11.5. The standard InChI is InChI=1S/C14H14O3P.ClH2/c15-18(16-11-13-7-3-1-4-8-13)17-12-14-9-5-2-6-10-14;/h1-10H,11-12H2;1H2/q-1;+1. The van der Waals surface area contributed by atoms with Crippen LogP contribution in [0.15, 0.2) is 60.7 Å². The molecule has 0 unspecified atom stereocenters. The SMILES string of the molecule is [ClH2+].[O-]P(OCc1ccccc1)OCc1ccccc1. The van der Waals surface area contributed by atoms with Crippen molar-refractivity contribution in [3.05, 3.63) is 71.8 Å². The van der Waals surface area contributed by atoms with E-state index in [9.17, 15) is 4.89 Å². The summed E-state index contributed by atoms with van der Waals surface area (Å²) in [6.45, 7) is 0.593. The van der Waals surface area contributed by atoms with E-state index in [2.05, 4.69) is 0 Å². The molecule has 0 radical (unpaired) electrons. The Kier molecular flexibility index (Phi) is 7.65. The highest BCUT2D eigenvalue weighted by Gasteiger charge is 1.98. The van der Waals surface area contributed by atoms with Gasteiger partial charge >= 0.3 is 0 Å². The van der Waals surface area contributed by atoms with Gasteiger partial charge in [0.25, 0.3) is 0 Å². The van der Waals surface area contributed by atoms with Gasteiger partial charge in [-0.2, -0.15) is 0 Å². The molecule has 0 fully saturated rings. The van der Waals surface area contributed by atoms with Gasteiger partial charge in [-0.25, -0.2) is 0 Å². The molecule has 0 atom stereocenters. The van der Waals surface area contributed by atoms with Crippen molar-refractivity contribution >= 4 is 8.60 Å². The zero-order chi connectivity index (χ0) is 12.6. The minimum absolute atomic E-state index is 0. The van der Waals surface area contributed by atoms with E-state index in [-0.39, 0.29) is 12.4 Å². The highest BCUT2D eigenvalue weighted by Crippen LogP contribution is 2.30. The molecule has 0 saturated heterocycles. The van der Waals surface area contributed by atoms with Crippen molar-refractivity contribution in [2.75, 3.05) is 0 Å². The first-order valence-electron chi connectivity index (χ1n) is 5.65. The molecule has 0 aliphatic rings. The van der Waals surface area contributed by atoms with Gasteiger partial charge in [0.2, 0.25) is 0 Å². The largest absolute Gasteiger partial charge is 0.786 e. The van der Waals surface area contributed by atoms with Crippen LogP contribution in [0.4, 0.5) is 0 Å². The molecule has 0 heterocycles. The Morgan fingerprint density at radius 2 is 1.11 bits per heavy atom. The lowest BCUT2D eigenvalue weighted by Gasteiger charge is -2.22. The van der Waals surface area contributed by atoms with Crippen molar-refractivity contribution in [2.45, 2.75) is 13.2 Å². The molecule has 0 saturated carbocycles. The third kappa shape index (κ3) is 6.15. The first-order chi connectivity index (χ1) is 8.84. The van der Waals surface area contributed by atoms with E-state index < -0.39 is 8.60 Å². The molecule has 5 heteroatoms. The summed E-state index contributed by atoms with van der Waals surface area (Å²) >= 11 is 0. The maximum Gasteiger partial charge on any atom is 0.0903 e. The van der Waals surface area contributed by atoms with Crippen LogP contribution in [0, 0.1) is 12.4 Å². The van der Waals surface area contributed by atoms with E-state index in [0.717, 1.165) is 11.1 Å². The van der Waals surface area contributed by atoms with Gasteiger partial charge in [0.15, 0.2) is 0 Å². The number of rotatable bonds is 6. The third-order valence-electron chi connectivity index (χ3n) is 2.36. The van der Waals surface area contributed by atoms with Crippen molar-refractivity contribution in [3.63, 3.8) is 0 Å². The summed E-state index contributed by atoms with van der Waals surface area (Å²) in [7, 11) is -2.08. The molecule has 2 rings (SSSR count). The lowest BCUT2D eigenvalue weighted by Crippen LogP contribution is -2.03. The summed E-state index contributed by atoms with van der Waals surface area (Å²) in [5, 5.41) is 0. The Morgan fingerprint density at radius 3 is 1.47 bits per heavy atom. The van der Waals surface area contributed by atoms with Crippen molar-refractivity contribution in [2.24, 2.45) is 0 Å². The minimum atomic E-state index is -2.08. The van der Waals surface area contributed by atoms with Crippen LogP contribution in [0.3, 0.4) is 0 Å². The Hall–Kier alpha value is -0.960. The normalized spacial score (nSPS) is 10.2. The van der Waals surface area contributed by atoms with Crippen molar-refractivity contribution in [1.82, 2.24) is 0 Å². The Bertz CT molecular complexity index is 409. The third-order valence-corrected chi connectivity index (χ3v) is 3.04. The van der Waals surface area contributed by atoms with E-state index in [1.807, 2.05) is 60.7 Å². The van der Waals surface area contributed by atoms with Gasteiger partial charge in [-0.3, -0.25) is 0 Å². The lowest BCUT2D eigenvalue weighted by molar-refractivity contribution is -0.206. The van der Waals surface area contributed by atoms with Gasteiger partial charge in [0.1, 0.15) is 0 Å². The van der Waals surface area contributed by atoms with Gasteiger partial charge < -0.3 is 13.9 Å². The highest BCUT2D eigenvalue weighted by molar-refractivity contribution is 7.38. The van der Waals surface area contributed by atoms with Crippen LogP contribution in [-0.4, -0.2) is 0 Å². The summed E-state index contributed by atoms with van der Waals surface area (Å²) in [5.74, 6) is 0. The average molecular weight is 299 g/mol. The van der Waals surface area contributed by atoms with Crippen molar-refractivity contribution < 1.29 is 26.3 Å². The molecular weight excluding hydrogens is 283 g/mol.